The number of nitrogens with zero attached hydrogens (tertiary/aromatic N) is 1. The highest BCUT2D eigenvalue weighted by molar-refractivity contribution is 6.02. The maximum atomic E-state index is 12.9. The van der Waals surface area contributed by atoms with Gasteiger partial charge in [-0.2, -0.15) is 5.26 Å². The molecule has 1 aliphatic heterocycles. The lowest BCUT2D eigenvalue weighted by atomic mass is 9.68. The zero-order valence-corrected chi connectivity index (χ0v) is 15.4. The van der Waals surface area contributed by atoms with Gasteiger partial charge in [0, 0.05) is 36.0 Å². The Hall–Kier alpha value is -2.81. The molecule has 136 valence electrons. The number of carbonyl (C=O) groups excluding carboxylic acids is 1. The molecule has 2 aliphatic rings. The standard InChI is InChI=1S/C20H22N2O4/c1-20(2)8-14(23)18-16(9-20)26-19(22)13(10-21)17(18)12-6-5-11(24-3)7-15(12)25-4/h5-7,13,17,22H,8-9H2,1-4H3. The summed E-state index contributed by atoms with van der Waals surface area (Å²) in [6, 6.07) is 7.42. The fraction of sp³-hybridized carbons (Fsp3) is 0.450. The smallest absolute Gasteiger partial charge is 0.205 e. The summed E-state index contributed by atoms with van der Waals surface area (Å²) < 4.78 is 16.4. The van der Waals surface area contributed by atoms with Gasteiger partial charge in [-0.25, -0.2) is 0 Å². The third-order valence-corrected chi connectivity index (χ3v) is 4.95. The van der Waals surface area contributed by atoms with Gasteiger partial charge < -0.3 is 14.2 Å². The molecule has 3 rings (SSSR count). The van der Waals surface area contributed by atoms with Crippen LogP contribution in [0.25, 0.3) is 0 Å². The van der Waals surface area contributed by atoms with Gasteiger partial charge in [-0.1, -0.05) is 19.9 Å². The van der Waals surface area contributed by atoms with Crippen LogP contribution in [0.4, 0.5) is 0 Å². The van der Waals surface area contributed by atoms with E-state index in [2.05, 4.69) is 6.07 Å². The Kier molecular flexibility index (Phi) is 4.49. The molecular weight excluding hydrogens is 332 g/mol. The molecule has 1 N–H and O–H groups in total. The monoisotopic (exact) mass is 354 g/mol. The lowest BCUT2D eigenvalue weighted by Crippen LogP contribution is -2.38. The third-order valence-electron chi connectivity index (χ3n) is 4.95. The molecule has 26 heavy (non-hydrogen) atoms. The second-order valence-electron chi connectivity index (χ2n) is 7.44. The van der Waals surface area contributed by atoms with E-state index in [1.807, 2.05) is 13.8 Å². The van der Waals surface area contributed by atoms with Crippen molar-refractivity contribution in [2.45, 2.75) is 32.6 Å². The summed E-state index contributed by atoms with van der Waals surface area (Å²) in [7, 11) is 3.09. The number of ketones is 1. The molecule has 0 fully saturated rings. The van der Waals surface area contributed by atoms with Crippen LogP contribution in [0, 0.1) is 28.1 Å². The van der Waals surface area contributed by atoms with Gasteiger partial charge >= 0.3 is 0 Å². The first-order chi connectivity index (χ1) is 12.3. The molecule has 6 nitrogen and oxygen atoms in total. The molecule has 2 atom stereocenters. The average Bonchev–Trinajstić information content (AvgIpc) is 2.58. The van der Waals surface area contributed by atoms with E-state index in [-0.39, 0.29) is 17.1 Å². The van der Waals surface area contributed by atoms with Gasteiger partial charge in [0.05, 0.1) is 20.3 Å². The Morgan fingerprint density at radius 3 is 2.62 bits per heavy atom. The summed E-state index contributed by atoms with van der Waals surface area (Å²) in [5, 5.41) is 17.9. The minimum Gasteiger partial charge on any atom is -0.497 e. The van der Waals surface area contributed by atoms with Gasteiger partial charge in [-0.3, -0.25) is 10.2 Å². The van der Waals surface area contributed by atoms with E-state index in [0.29, 0.717) is 41.2 Å². The summed E-state index contributed by atoms with van der Waals surface area (Å²) >= 11 is 0. The summed E-state index contributed by atoms with van der Waals surface area (Å²) in [6.45, 7) is 4.00. The molecule has 6 heteroatoms. The van der Waals surface area contributed by atoms with E-state index in [4.69, 9.17) is 19.6 Å². The number of allylic oxidation sites excluding steroid dienone is 2. The number of Topliss-reactive ketones (excluding diaryl/α,β-unsaturated/α-hetero) is 1. The normalized spacial score (nSPS) is 24.4. The fourth-order valence-electron chi connectivity index (χ4n) is 3.77. The second kappa shape index (κ2) is 6.49. The number of rotatable bonds is 3. The summed E-state index contributed by atoms with van der Waals surface area (Å²) in [5.74, 6) is 0.0272. The quantitative estimate of drug-likeness (QED) is 0.895. The van der Waals surface area contributed by atoms with Gasteiger partial charge in [-0.15, -0.1) is 0 Å². The second-order valence-corrected chi connectivity index (χ2v) is 7.44. The molecule has 0 saturated carbocycles. The lowest BCUT2D eigenvalue weighted by molar-refractivity contribution is -0.119. The molecule has 0 bridgehead atoms. The van der Waals surface area contributed by atoms with Crippen molar-refractivity contribution in [1.82, 2.24) is 0 Å². The van der Waals surface area contributed by atoms with Gasteiger partial charge in [0.15, 0.2) is 5.78 Å². The van der Waals surface area contributed by atoms with Crippen molar-refractivity contribution >= 4 is 11.7 Å². The molecule has 0 amide bonds. The molecule has 2 unspecified atom stereocenters. The van der Waals surface area contributed by atoms with Crippen LogP contribution >= 0.6 is 0 Å². The topological polar surface area (TPSA) is 92.4 Å². The molecule has 0 radical (unpaired) electrons. The highest BCUT2D eigenvalue weighted by atomic mass is 16.5. The van der Waals surface area contributed by atoms with Crippen LogP contribution in [0.1, 0.15) is 38.2 Å². The minimum absolute atomic E-state index is 0.0353. The largest absolute Gasteiger partial charge is 0.497 e. The Labute approximate surface area is 152 Å². The number of benzene rings is 1. The van der Waals surface area contributed by atoms with Gasteiger partial charge in [0.2, 0.25) is 5.90 Å². The van der Waals surface area contributed by atoms with Crippen molar-refractivity contribution in [3.05, 3.63) is 35.1 Å². The number of carbonyl (C=O) groups is 1. The van der Waals surface area contributed by atoms with Crippen LogP contribution in [0.3, 0.4) is 0 Å². The van der Waals surface area contributed by atoms with Crippen molar-refractivity contribution in [2.75, 3.05) is 14.2 Å². The van der Waals surface area contributed by atoms with E-state index in [9.17, 15) is 10.1 Å². The lowest BCUT2D eigenvalue weighted by Gasteiger charge is -2.39. The predicted molar refractivity (Wildman–Crippen MR) is 95.2 cm³/mol. The van der Waals surface area contributed by atoms with Gasteiger partial charge in [-0.05, 0) is 11.5 Å². The zero-order chi connectivity index (χ0) is 19.1. The predicted octanol–water partition coefficient (Wildman–Crippen LogP) is 3.58. The maximum Gasteiger partial charge on any atom is 0.205 e. The van der Waals surface area contributed by atoms with Gasteiger partial charge in [0.1, 0.15) is 23.2 Å². The highest BCUT2D eigenvalue weighted by Crippen LogP contribution is 2.49. The number of nitriles is 1. The Morgan fingerprint density at radius 1 is 1.27 bits per heavy atom. The van der Waals surface area contributed by atoms with E-state index in [1.165, 1.54) is 7.11 Å². The van der Waals surface area contributed by atoms with E-state index in [1.54, 1.807) is 25.3 Å². The van der Waals surface area contributed by atoms with Crippen LogP contribution in [-0.2, 0) is 9.53 Å². The first-order valence-electron chi connectivity index (χ1n) is 8.45. The molecule has 0 spiro atoms. The number of hydrogen-bond donors (Lipinski definition) is 1. The Morgan fingerprint density at radius 2 is 2.00 bits per heavy atom. The number of hydrogen-bond acceptors (Lipinski definition) is 6. The molecule has 1 aromatic carbocycles. The summed E-state index contributed by atoms with van der Waals surface area (Å²) in [6.07, 6.45) is 0.944. The molecule has 1 heterocycles. The Balaban J connectivity index is 2.21. The highest BCUT2D eigenvalue weighted by Gasteiger charge is 2.47. The molecule has 0 saturated heterocycles. The first kappa shape index (κ1) is 18.0. The molecular formula is C20H22N2O4. The first-order valence-corrected chi connectivity index (χ1v) is 8.45. The van der Waals surface area contributed by atoms with Crippen molar-refractivity contribution in [1.29, 1.82) is 10.7 Å². The van der Waals surface area contributed by atoms with Crippen LogP contribution in [0.2, 0.25) is 0 Å². The fourth-order valence-corrected chi connectivity index (χ4v) is 3.77. The van der Waals surface area contributed by atoms with Crippen molar-refractivity contribution in [3.63, 3.8) is 0 Å². The number of ether oxygens (including phenoxy) is 3. The summed E-state index contributed by atoms with van der Waals surface area (Å²) in [4.78, 5) is 12.9. The average molecular weight is 354 g/mol. The SMILES string of the molecule is COc1ccc(C2C3=C(CC(C)(C)CC3=O)OC(=N)C2C#N)c(OC)c1. The summed E-state index contributed by atoms with van der Waals surface area (Å²) in [5.41, 5.74) is 0.952. The van der Waals surface area contributed by atoms with Crippen LogP contribution in [-0.4, -0.2) is 25.9 Å². The van der Waals surface area contributed by atoms with E-state index < -0.39 is 11.8 Å². The van der Waals surface area contributed by atoms with Crippen LogP contribution < -0.4 is 9.47 Å². The van der Waals surface area contributed by atoms with Crippen molar-refractivity contribution in [3.8, 4) is 17.6 Å². The van der Waals surface area contributed by atoms with Gasteiger partial charge in [0.25, 0.3) is 0 Å². The number of nitrogens with one attached hydrogen (secondary N) is 1. The molecule has 1 aromatic rings. The zero-order valence-electron chi connectivity index (χ0n) is 15.4. The third kappa shape index (κ3) is 2.94. The Bertz CT molecular complexity index is 848. The van der Waals surface area contributed by atoms with E-state index in [0.717, 1.165) is 0 Å². The van der Waals surface area contributed by atoms with Crippen molar-refractivity contribution in [2.24, 2.45) is 11.3 Å². The number of methoxy groups -OCH3 is 2. The van der Waals surface area contributed by atoms with E-state index >= 15 is 0 Å². The van der Waals surface area contributed by atoms with Crippen LogP contribution in [0.15, 0.2) is 29.5 Å². The molecule has 0 aromatic heterocycles. The van der Waals surface area contributed by atoms with Crippen molar-refractivity contribution < 1.29 is 19.0 Å². The minimum atomic E-state index is -0.874. The molecule has 1 aliphatic carbocycles. The van der Waals surface area contributed by atoms with Crippen LogP contribution in [0.5, 0.6) is 11.5 Å². The maximum absolute atomic E-state index is 12.9.